The molecule has 0 N–H and O–H groups in total. The average Bonchev–Trinajstić information content (AvgIpc) is 2.01. The lowest BCUT2D eigenvalue weighted by Gasteiger charge is -2.16. The van der Waals surface area contributed by atoms with Crippen LogP contribution in [0.25, 0.3) is 0 Å². The quantitative estimate of drug-likeness (QED) is 0.394. The fourth-order valence-corrected chi connectivity index (χ4v) is 0.946. The van der Waals surface area contributed by atoms with Crippen molar-refractivity contribution < 1.29 is 22.1 Å². The molecule has 0 spiro atoms. The Labute approximate surface area is 71.4 Å². The Morgan fingerprint density at radius 3 is 2.31 bits per heavy atom. The Hall–Kier alpha value is -1.33. The zero-order valence-corrected chi connectivity index (χ0v) is 6.31. The third-order valence-corrected chi connectivity index (χ3v) is 1.53. The Kier molecular flexibility index (Phi) is 2.40. The number of carbonyl (C=O) groups is 1. The van der Waals surface area contributed by atoms with Crippen molar-refractivity contribution >= 4 is 18.7 Å². The monoisotopic (exact) mass is 191 g/mol. The molecule has 0 bridgehead atoms. The maximum absolute atomic E-state index is 12.4. The van der Waals surface area contributed by atoms with Crippen molar-refractivity contribution in [1.29, 1.82) is 0 Å². The van der Waals surface area contributed by atoms with Crippen LogP contribution in [-0.4, -0.2) is 13.3 Å². The molecule has 0 saturated heterocycles. The second-order valence-corrected chi connectivity index (χ2v) is 2.47. The number of hydrogen-bond acceptors (Lipinski definition) is 1. The van der Waals surface area contributed by atoms with Gasteiger partial charge in [-0.2, -0.15) is 0 Å². The molecule has 0 radical (unpaired) electrons. The molecule has 0 amide bonds. The van der Waals surface area contributed by atoms with Crippen molar-refractivity contribution in [3.8, 4) is 0 Å². The van der Waals surface area contributed by atoms with Crippen molar-refractivity contribution in [2.45, 2.75) is 0 Å². The third kappa shape index (κ3) is 2.08. The van der Waals surface area contributed by atoms with Crippen LogP contribution in [0.1, 0.15) is 10.4 Å². The smallest absolute Gasteiger partial charge is 0.445 e. The van der Waals surface area contributed by atoms with Crippen LogP contribution in [0.5, 0.6) is 0 Å². The molecule has 1 nitrogen and oxygen atoms in total. The van der Waals surface area contributed by atoms with E-state index in [0.717, 1.165) is 0 Å². The van der Waals surface area contributed by atoms with Crippen LogP contribution in [0.2, 0.25) is 0 Å². The van der Waals surface area contributed by atoms with E-state index >= 15 is 0 Å². The van der Waals surface area contributed by atoms with Gasteiger partial charge in [-0.05, 0) is 17.7 Å². The zero-order valence-electron chi connectivity index (χ0n) is 6.31. The number of halogens is 4. The van der Waals surface area contributed by atoms with E-state index in [1.165, 1.54) is 0 Å². The molecule has 0 saturated carbocycles. The van der Waals surface area contributed by atoms with E-state index < -0.39 is 23.8 Å². The minimum absolute atomic E-state index is 0.00630. The molecule has 0 aliphatic carbocycles. The normalized spacial score (nSPS) is 11.4. The first-order chi connectivity index (χ1) is 5.95. The molecule has 70 valence electrons. The molecule has 0 heterocycles. The molecular formula is C7H4BF4O-. The van der Waals surface area contributed by atoms with E-state index in [0.29, 0.717) is 18.2 Å². The van der Waals surface area contributed by atoms with Crippen LogP contribution in [0, 0.1) is 5.82 Å². The molecule has 0 aromatic heterocycles. The van der Waals surface area contributed by atoms with Crippen LogP contribution in [0.4, 0.5) is 17.3 Å². The van der Waals surface area contributed by atoms with Gasteiger partial charge in [0, 0.05) is 0 Å². The predicted molar refractivity (Wildman–Crippen MR) is 40.5 cm³/mol. The maximum Gasteiger partial charge on any atom is 0.510 e. The van der Waals surface area contributed by atoms with E-state index in [9.17, 15) is 22.1 Å². The number of carbonyl (C=O) groups excluding carboxylic acids is 1. The molecule has 1 rings (SSSR count). The minimum Gasteiger partial charge on any atom is -0.445 e. The summed E-state index contributed by atoms with van der Waals surface area (Å²) in [5.74, 6) is -0.856. The van der Waals surface area contributed by atoms with E-state index in [1.54, 1.807) is 0 Å². The first kappa shape index (κ1) is 9.76. The number of benzene rings is 1. The highest BCUT2D eigenvalue weighted by molar-refractivity contribution is 6.74. The topological polar surface area (TPSA) is 17.1 Å². The minimum atomic E-state index is -5.25. The summed E-state index contributed by atoms with van der Waals surface area (Å²) in [5.41, 5.74) is -1.72. The number of aldehydes is 1. The van der Waals surface area contributed by atoms with Crippen LogP contribution >= 0.6 is 0 Å². The van der Waals surface area contributed by atoms with E-state index in [-0.39, 0.29) is 6.29 Å². The lowest BCUT2D eigenvalue weighted by Crippen LogP contribution is -2.36. The van der Waals surface area contributed by atoms with Gasteiger partial charge in [-0.1, -0.05) is 11.5 Å². The lowest BCUT2D eigenvalue weighted by molar-refractivity contribution is 0.112. The third-order valence-electron chi connectivity index (χ3n) is 1.53. The van der Waals surface area contributed by atoms with Crippen LogP contribution < -0.4 is 5.46 Å². The zero-order chi connectivity index (χ0) is 10.1. The van der Waals surface area contributed by atoms with Crippen molar-refractivity contribution in [2.75, 3.05) is 0 Å². The molecule has 0 atom stereocenters. The SMILES string of the molecule is O=Cc1cc(F)ccc1[B-](F)(F)F. The fraction of sp³-hybridized carbons (Fsp3) is 0. The van der Waals surface area contributed by atoms with Gasteiger partial charge in [0.1, 0.15) is 12.1 Å². The van der Waals surface area contributed by atoms with Gasteiger partial charge in [0.25, 0.3) is 0 Å². The summed E-state index contributed by atoms with van der Waals surface area (Å²) in [7, 11) is 0. The fourth-order valence-electron chi connectivity index (χ4n) is 0.946. The van der Waals surface area contributed by atoms with Gasteiger partial charge in [-0.15, -0.1) is 0 Å². The highest BCUT2D eigenvalue weighted by atomic mass is 19.4. The highest BCUT2D eigenvalue weighted by Crippen LogP contribution is 2.12. The van der Waals surface area contributed by atoms with E-state index in [2.05, 4.69) is 0 Å². The molecule has 6 heteroatoms. The Morgan fingerprint density at radius 2 is 1.85 bits per heavy atom. The predicted octanol–water partition coefficient (Wildman–Crippen LogP) is 1.69. The van der Waals surface area contributed by atoms with Gasteiger partial charge < -0.3 is 12.9 Å². The molecular weight excluding hydrogens is 187 g/mol. The van der Waals surface area contributed by atoms with Gasteiger partial charge >= 0.3 is 6.98 Å². The van der Waals surface area contributed by atoms with Gasteiger partial charge in [0.15, 0.2) is 0 Å². The highest BCUT2D eigenvalue weighted by Gasteiger charge is 2.28. The van der Waals surface area contributed by atoms with Crippen molar-refractivity contribution in [2.24, 2.45) is 0 Å². The average molecular weight is 191 g/mol. The molecule has 1 aromatic rings. The van der Waals surface area contributed by atoms with Gasteiger partial charge in [0.2, 0.25) is 0 Å². The summed E-state index contributed by atoms with van der Waals surface area (Å²) in [6, 6.07) is 1.81. The van der Waals surface area contributed by atoms with Crippen molar-refractivity contribution in [3.05, 3.63) is 29.6 Å². The molecule has 13 heavy (non-hydrogen) atoms. The Balaban J connectivity index is 3.29. The van der Waals surface area contributed by atoms with Crippen molar-refractivity contribution in [1.82, 2.24) is 0 Å². The maximum atomic E-state index is 12.4. The first-order valence-electron chi connectivity index (χ1n) is 3.39. The van der Waals surface area contributed by atoms with Gasteiger partial charge in [-0.3, -0.25) is 4.79 Å². The summed E-state index contributed by atoms with van der Waals surface area (Å²) < 4.78 is 48.8. The summed E-state index contributed by atoms with van der Waals surface area (Å²) >= 11 is 0. The number of hydrogen-bond donors (Lipinski definition) is 0. The van der Waals surface area contributed by atoms with E-state index in [1.807, 2.05) is 0 Å². The van der Waals surface area contributed by atoms with Gasteiger partial charge in [0.05, 0.1) is 0 Å². The van der Waals surface area contributed by atoms with Crippen LogP contribution in [0.3, 0.4) is 0 Å². The van der Waals surface area contributed by atoms with Crippen LogP contribution in [0.15, 0.2) is 18.2 Å². The largest absolute Gasteiger partial charge is 0.510 e. The van der Waals surface area contributed by atoms with Crippen molar-refractivity contribution in [3.63, 3.8) is 0 Å². The van der Waals surface area contributed by atoms with E-state index in [4.69, 9.17) is 0 Å². The lowest BCUT2D eigenvalue weighted by atomic mass is 9.77. The van der Waals surface area contributed by atoms with Gasteiger partial charge in [-0.25, -0.2) is 4.39 Å². The summed E-state index contributed by atoms with van der Waals surface area (Å²) in [5, 5.41) is 0. The summed E-state index contributed by atoms with van der Waals surface area (Å²) in [6.45, 7) is -5.25. The second-order valence-electron chi connectivity index (χ2n) is 2.47. The molecule has 0 aliphatic heterocycles. The summed E-state index contributed by atoms with van der Waals surface area (Å²) in [6.07, 6.45) is -0.00630. The molecule has 0 aliphatic rings. The molecule has 0 fully saturated rings. The second kappa shape index (κ2) is 3.20. The number of rotatable bonds is 2. The Morgan fingerprint density at radius 1 is 1.23 bits per heavy atom. The molecule has 0 unspecified atom stereocenters. The Bertz CT molecular complexity index is 334. The molecule has 1 aromatic carbocycles. The summed E-state index contributed by atoms with van der Waals surface area (Å²) in [4.78, 5) is 10.2. The standard InChI is InChI=1S/C7H4BF4O/c9-6-1-2-7(8(10,11)12)5(3-6)4-13/h1-4H/q-1. The first-order valence-corrected chi connectivity index (χ1v) is 3.39. The van der Waals surface area contributed by atoms with Crippen LogP contribution in [-0.2, 0) is 0 Å².